The van der Waals surface area contributed by atoms with Gasteiger partial charge in [0.25, 0.3) is 5.56 Å². The zero-order chi connectivity index (χ0) is 12.0. The summed E-state index contributed by atoms with van der Waals surface area (Å²) in [5.74, 6) is -0.488. The molecule has 0 aliphatic heterocycles. The summed E-state index contributed by atoms with van der Waals surface area (Å²) in [4.78, 5) is 22.9. The molecule has 0 spiro atoms. The Kier molecular flexibility index (Phi) is 2.37. The normalized spacial score (nSPS) is 23.2. The summed E-state index contributed by atoms with van der Waals surface area (Å²) >= 11 is 0. The van der Waals surface area contributed by atoms with Crippen LogP contribution in [0.25, 0.3) is 0 Å². The summed E-state index contributed by atoms with van der Waals surface area (Å²) < 4.78 is 1.63. The standard InChI is InChI=1S/C12H15NO3/c1-6-4-9(6)13-8(3)11(12(15)16)7(2)5-10(13)14/h5-6,9H,4H2,1-3H3,(H,15,16). The Morgan fingerprint density at radius 1 is 1.50 bits per heavy atom. The van der Waals surface area contributed by atoms with Crippen LogP contribution in [0, 0.1) is 19.8 Å². The highest BCUT2D eigenvalue weighted by atomic mass is 16.4. The lowest BCUT2D eigenvalue weighted by Crippen LogP contribution is -2.25. The quantitative estimate of drug-likeness (QED) is 0.827. The van der Waals surface area contributed by atoms with E-state index < -0.39 is 5.97 Å². The second-order valence-corrected chi connectivity index (χ2v) is 4.58. The van der Waals surface area contributed by atoms with Crippen molar-refractivity contribution in [1.82, 2.24) is 4.57 Å². The predicted molar refractivity (Wildman–Crippen MR) is 60.0 cm³/mol. The number of carbonyl (C=O) groups is 1. The third kappa shape index (κ3) is 1.54. The van der Waals surface area contributed by atoms with Crippen LogP contribution in [0.15, 0.2) is 10.9 Å². The van der Waals surface area contributed by atoms with Gasteiger partial charge in [0.2, 0.25) is 0 Å². The minimum absolute atomic E-state index is 0.0886. The van der Waals surface area contributed by atoms with Crippen LogP contribution in [0.5, 0.6) is 0 Å². The Balaban J connectivity index is 2.66. The van der Waals surface area contributed by atoms with Crippen molar-refractivity contribution in [2.24, 2.45) is 5.92 Å². The SMILES string of the molecule is Cc1cc(=O)n(C2CC2C)c(C)c1C(=O)O. The Morgan fingerprint density at radius 3 is 2.50 bits per heavy atom. The first-order valence-electron chi connectivity index (χ1n) is 5.39. The smallest absolute Gasteiger partial charge is 0.337 e. The van der Waals surface area contributed by atoms with Crippen LogP contribution < -0.4 is 5.56 Å². The number of aromatic nitrogens is 1. The minimum Gasteiger partial charge on any atom is -0.478 e. The van der Waals surface area contributed by atoms with Crippen LogP contribution in [0.1, 0.15) is 41.0 Å². The van der Waals surface area contributed by atoms with Crippen molar-refractivity contribution < 1.29 is 9.90 Å². The Bertz CT molecular complexity index is 516. The minimum atomic E-state index is -0.961. The third-order valence-corrected chi connectivity index (χ3v) is 3.31. The highest BCUT2D eigenvalue weighted by Gasteiger charge is 2.36. The van der Waals surface area contributed by atoms with Gasteiger partial charge in [0.1, 0.15) is 0 Å². The van der Waals surface area contributed by atoms with Gasteiger partial charge in [-0.25, -0.2) is 4.79 Å². The first-order valence-corrected chi connectivity index (χ1v) is 5.39. The molecule has 1 aromatic rings. The maximum absolute atomic E-state index is 11.8. The van der Waals surface area contributed by atoms with E-state index in [1.54, 1.807) is 18.4 Å². The molecule has 1 N–H and O–H groups in total. The molecule has 0 aromatic carbocycles. The van der Waals surface area contributed by atoms with Crippen molar-refractivity contribution in [3.05, 3.63) is 33.2 Å². The van der Waals surface area contributed by atoms with Crippen molar-refractivity contribution in [2.45, 2.75) is 33.2 Å². The van der Waals surface area contributed by atoms with Crippen LogP contribution in [0.2, 0.25) is 0 Å². The van der Waals surface area contributed by atoms with E-state index in [1.807, 2.05) is 0 Å². The lowest BCUT2D eigenvalue weighted by Gasteiger charge is -2.13. The monoisotopic (exact) mass is 221 g/mol. The molecule has 0 amide bonds. The Morgan fingerprint density at radius 2 is 2.06 bits per heavy atom. The molecule has 2 rings (SSSR count). The Labute approximate surface area is 93.5 Å². The lowest BCUT2D eigenvalue weighted by molar-refractivity contribution is 0.0694. The average Bonchev–Trinajstić information content (AvgIpc) is 2.80. The second kappa shape index (κ2) is 3.47. The van der Waals surface area contributed by atoms with Gasteiger partial charge in [0.05, 0.1) is 5.56 Å². The molecular weight excluding hydrogens is 206 g/mol. The van der Waals surface area contributed by atoms with Gasteiger partial charge in [0, 0.05) is 17.8 Å². The number of carboxylic acids is 1. The van der Waals surface area contributed by atoms with Crippen LogP contribution >= 0.6 is 0 Å². The maximum Gasteiger partial charge on any atom is 0.337 e. The summed E-state index contributed by atoms with van der Waals surface area (Å²) in [5, 5.41) is 9.11. The van der Waals surface area contributed by atoms with E-state index in [1.165, 1.54) is 6.07 Å². The summed E-state index contributed by atoms with van der Waals surface area (Å²) in [7, 11) is 0. The van der Waals surface area contributed by atoms with Gasteiger partial charge in [0.15, 0.2) is 0 Å². The zero-order valence-electron chi connectivity index (χ0n) is 9.65. The molecule has 4 nitrogen and oxygen atoms in total. The summed E-state index contributed by atoms with van der Waals surface area (Å²) in [6.07, 6.45) is 0.961. The van der Waals surface area contributed by atoms with E-state index in [2.05, 4.69) is 6.92 Å². The number of nitrogens with zero attached hydrogens (tertiary/aromatic N) is 1. The molecule has 4 heteroatoms. The molecule has 16 heavy (non-hydrogen) atoms. The molecule has 2 atom stereocenters. The van der Waals surface area contributed by atoms with Gasteiger partial charge >= 0.3 is 5.97 Å². The van der Waals surface area contributed by atoms with Crippen molar-refractivity contribution in [3.63, 3.8) is 0 Å². The molecule has 1 aromatic heterocycles. The Hall–Kier alpha value is -1.58. The van der Waals surface area contributed by atoms with Crippen LogP contribution in [0.4, 0.5) is 0 Å². The van der Waals surface area contributed by atoms with Gasteiger partial charge in [-0.2, -0.15) is 0 Å². The van der Waals surface area contributed by atoms with E-state index >= 15 is 0 Å². The molecule has 2 unspecified atom stereocenters. The van der Waals surface area contributed by atoms with Gasteiger partial charge in [-0.3, -0.25) is 4.79 Å². The number of aryl methyl sites for hydroxylation is 1. The van der Waals surface area contributed by atoms with E-state index in [-0.39, 0.29) is 17.2 Å². The number of pyridine rings is 1. The highest BCUT2D eigenvalue weighted by molar-refractivity contribution is 5.90. The van der Waals surface area contributed by atoms with Crippen molar-refractivity contribution in [3.8, 4) is 0 Å². The molecule has 0 bridgehead atoms. The van der Waals surface area contributed by atoms with E-state index in [4.69, 9.17) is 5.11 Å². The molecule has 1 aliphatic rings. The van der Waals surface area contributed by atoms with Gasteiger partial charge in [-0.1, -0.05) is 6.92 Å². The van der Waals surface area contributed by atoms with Crippen molar-refractivity contribution in [1.29, 1.82) is 0 Å². The van der Waals surface area contributed by atoms with E-state index in [9.17, 15) is 9.59 Å². The largest absolute Gasteiger partial charge is 0.478 e. The lowest BCUT2D eigenvalue weighted by atomic mass is 10.1. The number of aromatic carboxylic acids is 1. The molecule has 1 heterocycles. The highest BCUT2D eigenvalue weighted by Crippen LogP contribution is 2.42. The number of hydrogen-bond acceptors (Lipinski definition) is 2. The number of hydrogen-bond donors (Lipinski definition) is 1. The molecule has 0 saturated heterocycles. The fourth-order valence-corrected chi connectivity index (χ4v) is 2.30. The van der Waals surface area contributed by atoms with Crippen molar-refractivity contribution in [2.75, 3.05) is 0 Å². The van der Waals surface area contributed by atoms with E-state index in [0.29, 0.717) is 17.2 Å². The molecule has 1 fully saturated rings. The van der Waals surface area contributed by atoms with Gasteiger partial charge in [-0.05, 0) is 31.7 Å². The number of carboxylic acid groups (broad SMARTS) is 1. The summed E-state index contributed by atoms with van der Waals surface area (Å²) in [6.45, 7) is 5.44. The fraction of sp³-hybridized carbons (Fsp3) is 0.500. The molecule has 86 valence electrons. The topological polar surface area (TPSA) is 59.3 Å². The average molecular weight is 221 g/mol. The molecule has 1 aliphatic carbocycles. The van der Waals surface area contributed by atoms with Crippen molar-refractivity contribution >= 4 is 5.97 Å². The molecule has 1 saturated carbocycles. The second-order valence-electron chi connectivity index (χ2n) is 4.58. The van der Waals surface area contributed by atoms with E-state index in [0.717, 1.165) is 6.42 Å². The maximum atomic E-state index is 11.8. The predicted octanol–water partition coefficient (Wildman–Crippen LogP) is 1.74. The number of rotatable bonds is 2. The third-order valence-electron chi connectivity index (χ3n) is 3.31. The summed E-state index contributed by atoms with van der Waals surface area (Å²) in [5.41, 5.74) is 1.29. The van der Waals surface area contributed by atoms with Crippen LogP contribution in [0.3, 0.4) is 0 Å². The van der Waals surface area contributed by atoms with Crippen LogP contribution in [-0.4, -0.2) is 15.6 Å². The fourth-order valence-electron chi connectivity index (χ4n) is 2.30. The summed E-state index contributed by atoms with van der Waals surface area (Å²) in [6, 6.07) is 1.60. The van der Waals surface area contributed by atoms with Gasteiger partial charge < -0.3 is 9.67 Å². The van der Waals surface area contributed by atoms with Crippen LogP contribution in [-0.2, 0) is 0 Å². The first kappa shape index (κ1) is 10.9. The van der Waals surface area contributed by atoms with Gasteiger partial charge in [-0.15, -0.1) is 0 Å². The zero-order valence-corrected chi connectivity index (χ0v) is 9.65. The molecule has 0 radical (unpaired) electrons. The first-order chi connectivity index (χ1) is 7.43. The molecular formula is C12H15NO3.